The molecule has 1 fully saturated rings. The van der Waals surface area contributed by atoms with E-state index in [4.69, 9.17) is 9.47 Å². The van der Waals surface area contributed by atoms with Crippen LogP contribution in [0.4, 0.5) is 5.95 Å². The summed E-state index contributed by atoms with van der Waals surface area (Å²) in [5.41, 5.74) is 1.12. The molecule has 0 unspecified atom stereocenters. The van der Waals surface area contributed by atoms with Crippen molar-refractivity contribution in [2.24, 2.45) is 0 Å². The minimum Gasteiger partial charge on any atom is -0.497 e. The van der Waals surface area contributed by atoms with E-state index < -0.39 is 5.97 Å². The van der Waals surface area contributed by atoms with Crippen LogP contribution in [-0.2, 0) is 4.74 Å². The van der Waals surface area contributed by atoms with Gasteiger partial charge in [-0.05, 0) is 37.1 Å². The topological polar surface area (TPSA) is 93.6 Å². The van der Waals surface area contributed by atoms with Crippen LogP contribution in [0.3, 0.4) is 0 Å². The van der Waals surface area contributed by atoms with E-state index in [1.54, 1.807) is 31.4 Å². The molecule has 1 aliphatic rings. The van der Waals surface area contributed by atoms with Crippen molar-refractivity contribution in [3.8, 4) is 17.0 Å². The number of carboxylic acids is 1. The average molecular weight is 329 g/mol. The van der Waals surface area contributed by atoms with Gasteiger partial charge in [0.15, 0.2) is 0 Å². The Labute approximate surface area is 139 Å². The number of carbonyl (C=O) groups is 1. The first kappa shape index (κ1) is 16.2. The van der Waals surface area contributed by atoms with Crippen molar-refractivity contribution >= 4 is 11.9 Å². The molecule has 2 N–H and O–H groups in total. The lowest BCUT2D eigenvalue weighted by molar-refractivity contribution is 0.0697. The number of nitrogens with zero attached hydrogens (tertiary/aromatic N) is 2. The maximum atomic E-state index is 11.5. The molecule has 0 radical (unpaired) electrons. The molecule has 0 bridgehead atoms. The minimum atomic E-state index is -1.06. The maximum Gasteiger partial charge on any atom is 0.339 e. The Balaban J connectivity index is 1.85. The molecule has 0 spiro atoms. The molecule has 3 rings (SSSR count). The largest absolute Gasteiger partial charge is 0.497 e. The Bertz CT molecular complexity index is 712. The van der Waals surface area contributed by atoms with Gasteiger partial charge in [-0.15, -0.1) is 0 Å². The summed E-state index contributed by atoms with van der Waals surface area (Å²) in [6, 6.07) is 7.08. The number of carboxylic acid groups (broad SMARTS) is 1. The van der Waals surface area contributed by atoms with Crippen LogP contribution in [0.2, 0.25) is 0 Å². The SMILES string of the molecule is COc1ccc(-c2nc(NC[C@@H]3CCCO3)ncc2C(=O)O)cc1. The summed E-state index contributed by atoms with van der Waals surface area (Å²) in [7, 11) is 1.58. The van der Waals surface area contributed by atoms with E-state index >= 15 is 0 Å². The maximum absolute atomic E-state index is 11.5. The van der Waals surface area contributed by atoms with Crippen LogP contribution in [0.25, 0.3) is 11.3 Å². The van der Waals surface area contributed by atoms with Gasteiger partial charge < -0.3 is 19.9 Å². The number of anilines is 1. The van der Waals surface area contributed by atoms with Crippen molar-refractivity contribution in [3.63, 3.8) is 0 Å². The summed E-state index contributed by atoms with van der Waals surface area (Å²) in [5, 5.41) is 12.5. The molecular weight excluding hydrogens is 310 g/mol. The van der Waals surface area contributed by atoms with Crippen LogP contribution >= 0.6 is 0 Å². The molecule has 24 heavy (non-hydrogen) atoms. The van der Waals surface area contributed by atoms with Gasteiger partial charge in [0, 0.05) is 24.9 Å². The fourth-order valence-electron chi connectivity index (χ4n) is 2.60. The molecule has 1 aliphatic heterocycles. The highest BCUT2D eigenvalue weighted by atomic mass is 16.5. The molecule has 1 aromatic heterocycles. The molecule has 0 aliphatic carbocycles. The van der Waals surface area contributed by atoms with Crippen LogP contribution in [-0.4, -0.2) is 47.4 Å². The molecule has 126 valence electrons. The standard InChI is InChI=1S/C17H19N3O4/c1-23-12-6-4-11(5-7-12)15-14(16(21)22)10-19-17(20-15)18-9-13-3-2-8-24-13/h4-7,10,13H,2-3,8-9H2,1H3,(H,21,22)(H,18,19,20)/t13-/m0/s1. The fourth-order valence-corrected chi connectivity index (χ4v) is 2.60. The Kier molecular flexibility index (Phi) is 4.90. The Morgan fingerprint density at radius 1 is 1.42 bits per heavy atom. The highest BCUT2D eigenvalue weighted by Crippen LogP contribution is 2.25. The van der Waals surface area contributed by atoms with Crippen molar-refractivity contribution in [2.45, 2.75) is 18.9 Å². The first-order chi connectivity index (χ1) is 11.7. The lowest BCUT2D eigenvalue weighted by Crippen LogP contribution is -2.20. The van der Waals surface area contributed by atoms with Gasteiger partial charge in [-0.3, -0.25) is 0 Å². The lowest BCUT2D eigenvalue weighted by Gasteiger charge is -2.12. The molecule has 1 saturated heterocycles. The third kappa shape index (κ3) is 3.62. The summed E-state index contributed by atoms with van der Waals surface area (Å²) < 4.78 is 10.7. The van der Waals surface area contributed by atoms with Gasteiger partial charge in [0.05, 0.1) is 18.9 Å². The van der Waals surface area contributed by atoms with E-state index in [9.17, 15) is 9.90 Å². The number of methoxy groups -OCH3 is 1. The van der Waals surface area contributed by atoms with Gasteiger partial charge in [0.25, 0.3) is 0 Å². The first-order valence-corrected chi connectivity index (χ1v) is 7.77. The van der Waals surface area contributed by atoms with Crippen molar-refractivity contribution in [2.75, 3.05) is 25.6 Å². The Hall–Kier alpha value is -2.67. The molecule has 2 heterocycles. The van der Waals surface area contributed by atoms with E-state index in [1.807, 2.05) is 0 Å². The van der Waals surface area contributed by atoms with Crippen LogP contribution in [0.5, 0.6) is 5.75 Å². The monoisotopic (exact) mass is 329 g/mol. The van der Waals surface area contributed by atoms with Crippen molar-refractivity contribution < 1.29 is 19.4 Å². The smallest absolute Gasteiger partial charge is 0.339 e. The van der Waals surface area contributed by atoms with Crippen LogP contribution in [0, 0.1) is 0 Å². The molecule has 1 atom stereocenters. The van der Waals surface area contributed by atoms with Crippen LogP contribution < -0.4 is 10.1 Å². The Morgan fingerprint density at radius 2 is 2.21 bits per heavy atom. The summed E-state index contributed by atoms with van der Waals surface area (Å²) in [6.07, 6.45) is 3.54. The van der Waals surface area contributed by atoms with E-state index in [2.05, 4.69) is 15.3 Å². The highest BCUT2D eigenvalue weighted by Gasteiger charge is 2.18. The number of ether oxygens (including phenoxy) is 2. The van der Waals surface area contributed by atoms with E-state index in [1.165, 1.54) is 6.20 Å². The summed E-state index contributed by atoms with van der Waals surface area (Å²) >= 11 is 0. The average Bonchev–Trinajstić information content (AvgIpc) is 3.13. The number of hydrogen-bond donors (Lipinski definition) is 2. The first-order valence-electron chi connectivity index (χ1n) is 7.77. The van der Waals surface area contributed by atoms with Crippen molar-refractivity contribution in [1.29, 1.82) is 0 Å². The third-order valence-electron chi connectivity index (χ3n) is 3.89. The predicted molar refractivity (Wildman–Crippen MR) is 88.4 cm³/mol. The lowest BCUT2D eigenvalue weighted by atomic mass is 10.1. The van der Waals surface area contributed by atoms with Crippen LogP contribution in [0.15, 0.2) is 30.5 Å². The van der Waals surface area contributed by atoms with Crippen molar-refractivity contribution in [3.05, 3.63) is 36.0 Å². The number of rotatable bonds is 6. The molecule has 0 amide bonds. The van der Waals surface area contributed by atoms with E-state index in [-0.39, 0.29) is 11.7 Å². The second-order valence-corrected chi connectivity index (χ2v) is 5.51. The number of hydrogen-bond acceptors (Lipinski definition) is 6. The van der Waals surface area contributed by atoms with Gasteiger partial charge in [0.1, 0.15) is 11.3 Å². The molecule has 7 nitrogen and oxygen atoms in total. The second kappa shape index (κ2) is 7.27. The van der Waals surface area contributed by atoms with Crippen molar-refractivity contribution in [1.82, 2.24) is 9.97 Å². The van der Waals surface area contributed by atoms with E-state index in [0.29, 0.717) is 29.5 Å². The van der Waals surface area contributed by atoms with Gasteiger partial charge in [-0.1, -0.05) is 0 Å². The Morgan fingerprint density at radius 3 is 2.83 bits per heavy atom. The zero-order chi connectivity index (χ0) is 16.9. The molecule has 1 aromatic carbocycles. The number of nitrogens with one attached hydrogen (secondary N) is 1. The minimum absolute atomic E-state index is 0.0582. The number of aromatic carboxylic acids is 1. The van der Waals surface area contributed by atoms with E-state index in [0.717, 1.165) is 19.4 Å². The normalized spacial score (nSPS) is 16.8. The second-order valence-electron chi connectivity index (χ2n) is 5.51. The molecular formula is C17H19N3O4. The van der Waals surface area contributed by atoms with Crippen LogP contribution in [0.1, 0.15) is 23.2 Å². The van der Waals surface area contributed by atoms with Gasteiger partial charge in [-0.25, -0.2) is 14.8 Å². The molecule has 2 aromatic rings. The molecule has 0 saturated carbocycles. The van der Waals surface area contributed by atoms with Gasteiger partial charge in [-0.2, -0.15) is 0 Å². The summed E-state index contributed by atoms with van der Waals surface area (Å²) in [6.45, 7) is 1.39. The number of aromatic nitrogens is 2. The van der Waals surface area contributed by atoms with Gasteiger partial charge >= 0.3 is 5.97 Å². The summed E-state index contributed by atoms with van der Waals surface area (Å²) in [5.74, 6) is 0.0224. The highest BCUT2D eigenvalue weighted by molar-refractivity contribution is 5.94. The zero-order valence-electron chi connectivity index (χ0n) is 13.4. The summed E-state index contributed by atoms with van der Waals surface area (Å²) in [4.78, 5) is 19.9. The predicted octanol–water partition coefficient (Wildman–Crippen LogP) is 2.44. The zero-order valence-corrected chi connectivity index (χ0v) is 13.4. The number of benzene rings is 1. The molecule has 7 heteroatoms. The third-order valence-corrected chi connectivity index (χ3v) is 3.89. The van der Waals surface area contributed by atoms with Gasteiger partial charge in [0.2, 0.25) is 5.95 Å². The fraction of sp³-hybridized carbons (Fsp3) is 0.353. The quantitative estimate of drug-likeness (QED) is 0.840.